The highest BCUT2D eigenvalue weighted by atomic mass is 16.6. The maximum absolute atomic E-state index is 5.35. The van der Waals surface area contributed by atoms with Gasteiger partial charge in [0.1, 0.15) is 11.5 Å². The van der Waals surface area contributed by atoms with Gasteiger partial charge < -0.3 is 9.31 Å². The summed E-state index contributed by atoms with van der Waals surface area (Å²) >= 11 is 0. The molecule has 0 aromatic heterocycles. The molecule has 2 heterocycles. The van der Waals surface area contributed by atoms with Gasteiger partial charge in [0, 0.05) is 19.6 Å². The molecule has 2 aromatic carbocycles. The minimum absolute atomic E-state index is 0.838. The normalized spacial score (nSPS) is 16.6. The van der Waals surface area contributed by atoms with E-state index in [1.807, 2.05) is 0 Å². The third-order valence-electron chi connectivity index (χ3n) is 3.96. The maximum Gasteiger partial charge on any atom is 0.658 e. The first kappa shape index (κ1) is 11.9. The van der Waals surface area contributed by atoms with Crippen LogP contribution in [0.3, 0.4) is 0 Å². The molecule has 20 heavy (non-hydrogen) atoms. The van der Waals surface area contributed by atoms with E-state index in [9.17, 15) is 0 Å². The molecule has 0 saturated heterocycles. The van der Waals surface area contributed by atoms with Crippen molar-refractivity contribution < 1.29 is 9.31 Å². The lowest BCUT2D eigenvalue weighted by Crippen LogP contribution is -2.29. The Hall–Kier alpha value is -1.94. The van der Waals surface area contributed by atoms with E-state index in [1.54, 1.807) is 0 Å². The van der Waals surface area contributed by atoms with Gasteiger partial charge in [-0.15, -0.1) is 0 Å². The second-order valence-corrected chi connectivity index (χ2v) is 5.35. The zero-order chi connectivity index (χ0) is 13.4. The van der Waals surface area contributed by atoms with Gasteiger partial charge in [-0.2, -0.15) is 0 Å². The summed E-state index contributed by atoms with van der Waals surface area (Å²) < 4.78 is 10.7. The van der Waals surface area contributed by atoms with Crippen molar-refractivity contribution in [1.82, 2.24) is 4.90 Å². The van der Waals surface area contributed by atoms with Crippen LogP contribution in [0.25, 0.3) is 0 Å². The molecule has 2 aromatic rings. The van der Waals surface area contributed by atoms with E-state index in [0.29, 0.717) is 0 Å². The molecule has 0 fully saturated rings. The average Bonchev–Trinajstić information content (AvgIpc) is 2.93. The summed E-state index contributed by atoms with van der Waals surface area (Å²) in [5.41, 5.74) is 4.10. The van der Waals surface area contributed by atoms with Crippen LogP contribution in [0.15, 0.2) is 42.5 Å². The SMILES string of the molecule is [B]1Oc2cc3c(cc2O1)CN(Cc1ccccc1)CC3. The molecule has 0 atom stereocenters. The maximum atomic E-state index is 5.35. The first-order valence-corrected chi connectivity index (χ1v) is 6.95. The highest BCUT2D eigenvalue weighted by Gasteiger charge is 2.23. The number of hydrogen-bond donors (Lipinski definition) is 0. The minimum atomic E-state index is 0.838. The van der Waals surface area contributed by atoms with Crippen molar-refractivity contribution in [3.63, 3.8) is 0 Å². The highest BCUT2D eigenvalue weighted by Crippen LogP contribution is 2.36. The summed E-state index contributed by atoms with van der Waals surface area (Å²) in [5.74, 6) is 1.69. The fourth-order valence-corrected chi connectivity index (χ4v) is 2.91. The van der Waals surface area contributed by atoms with Crippen LogP contribution in [0.2, 0.25) is 0 Å². The molecule has 99 valence electrons. The van der Waals surface area contributed by atoms with E-state index in [4.69, 9.17) is 9.31 Å². The van der Waals surface area contributed by atoms with E-state index in [2.05, 4.69) is 47.4 Å². The predicted octanol–water partition coefficient (Wildman–Crippen LogP) is 2.55. The molecule has 0 aliphatic carbocycles. The Labute approximate surface area is 119 Å². The lowest BCUT2D eigenvalue weighted by molar-refractivity contribution is 0.245. The Kier molecular flexibility index (Phi) is 2.89. The minimum Gasteiger partial charge on any atom is -0.524 e. The Morgan fingerprint density at radius 3 is 2.55 bits per heavy atom. The van der Waals surface area contributed by atoms with Gasteiger partial charge in [0.05, 0.1) is 0 Å². The standard InChI is InChI=1S/C16H15BNO2/c1-2-4-12(5-3-1)10-18-7-6-13-8-15-16(20-17-19-15)9-14(13)11-18/h1-5,8-9H,6-7,10-11H2. The van der Waals surface area contributed by atoms with Crippen LogP contribution < -0.4 is 9.31 Å². The molecule has 0 saturated carbocycles. The van der Waals surface area contributed by atoms with Gasteiger partial charge >= 0.3 is 7.69 Å². The smallest absolute Gasteiger partial charge is 0.524 e. The molecule has 4 heteroatoms. The van der Waals surface area contributed by atoms with Crippen LogP contribution in [0.1, 0.15) is 16.7 Å². The van der Waals surface area contributed by atoms with Crippen molar-refractivity contribution in [2.24, 2.45) is 0 Å². The number of hydrogen-bond acceptors (Lipinski definition) is 3. The summed E-state index contributed by atoms with van der Waals surface area (Å²) in [6.07, 6.45) is 1.07. The van der Waals surface area contributed by atoms with Crippen molar-refractivity contribution >= 4 is 7.69 Å². The van der Waals surface area contributed by atoms with Gasteiger partial charge in [-0.3, -0.25) is 4.90 Å². The Morgan fingerprint density at radius 1 is 1.00 bits per heavy atom. The van der Waals surface area contributed by atoms with E-state index in [0.717, 1.165) is 37.6 Å². The van der Waals surface area contributed by atoms with Crippen LogP contribution >= 0.6 is 0 Å². The molecule has 0 unspecified atom stereocenters. The molecular weight excluding hydrogens is 249 g/mol. The monoisotopic (exact) mass is 264 g/mol. The average molecular weight is 264 g/mol. The zero-order valence-corrected chi connectivity index (χ0v) is 11.2. The van der Waals surface area contributed by atoms with E-state index < -0.39 is 0 Å². The molecule has 0 bridgehead atoms. The van der Waals surface area contributed by atoms with Crippen LogP contribution in [-0.4, -0.2) is 19.1 Å². The van der Waals surface area contributed by atoms with Gasteiger partial charge in [-0.25, -0.2) is 0 Å². The van der Waals surface area contributed by atoms with Crippen LogP contribution in [0.5, 0.6) is 11.5 Å². The first-order valence-electron chi connectivity index (χ1n) is 6.95. The Morgan fingerprint density at radius 2 is 1.75 bits per heavy atom. The number of fused-ring (bicyclic) bond motifs is 2. The van der Waals surface area contributed by atoms with Crippen molar-refractivity contribution in [1.29, 1.82) is 0 Å². The number of rotatable bonds is 2. The third kappa shape index (κ3) is 2.16. The van der Waals surface area contributed by atoms with E-state index in [1.165, 1.54) is 24.4 Å². The molecule has 1 radical (unpaired) electrons. The number of benzene rings is 2. The lowest BCUT2D eigenvalue weighted by atomic mass is 9.98. The molecule has 0 spiro atoms. The second-order valence-electron chi connectivity index (χ2n) is 5.35. The molecule has 0 N–H and O–H groups in total. The Balaban J connectivity index is 1.54. The quantitative estimate of drug-likeness (QED) is 0.778. The summed E-state index contributed by atoms with van der Waals surface area (Å²) in [7, 11) is 1.40. The molecule has 4 rings (SSSR count). The zero-order valence-electron chi connectivity index (χ0n) is 11.2. The summed E-state index contributed by atoms with van der Waals surface area (Å²) in [5, 5.41) is 0. The van der Waals surface area contributed by atoms with Crippen LogP contribution in [0.4, 0.5) is 0 Å². The summed E-state index contributed by atoms with van der Waals surface area (Å²) in [6.45, 7) is 3.06. The predicted molar refractivity (Wildman–Crippen MR) is 77.7 cm³/mol. The van der Waals surface area contributed by atoms with Crippen molar-refractivity contribution in [3.05, 3.63) is 59.2 Å². The first-order chi connectivity index (χ1) is 9.88. The summed E-state index contributed by atoms with van der Waals surface area (Å²) in [4.78, 5) is 2.48. The van der Waals surface area contributed by atoms with E-state index >= 15 is 0 Å². The van der Waals surface area contributed by atoms with Crippen molar-refractivity contribution in [2.75, 3.05) is 6.54 Å². The molecule has 2 aliphatic heterocycles. The highest BCUT2D eigenvalue weighted by molar-refractivity contribution is 6.22. The largest absolute Gasteiger partial charge is 0.658 e. The number of nitrogens with zero attached hydrogens (tertiary/aromatic N) is 1. The van der Waals surface area contributed by atoms with Gasteiger partial charge in [-0.05, 0) is 35.2 Å². The van der Waals surface area contributed by atoms with Gasteiger partial charge in [0.2, 0.25) is 0 Å². The fraction of sp³-hybridized carbons (Fsp3) is 0.250. The van der Waals surface area contributed by atoms with E-state index in [-0.39, 0.29) is 0 Å². The molecule has 0 amide bonds. The van der Waals surface area contributed by atoms with Crippen LogP contribution in [-0.2, 0) is 19.5 Å². The van der Waals surface area contributed by atoms with Crippen molar-refractivity contribution in [3.8, 4) is 11.5 Å². The molecule has 3 nitrogen and oxygen atoms in total. The molecule has 2 aliphatic rings. The Bertz CT molecular complexity index is 630. The fourth-order valence-electron chi connectivity index (χ4n) is 2.91. The van der Waals surface area contributed by atoms with Crippen LogP contribution in [0, 0.1) is 0 Å². The third-order valence-corrected chi connectivity index (χ3v) is 3.96. The second kappa shape index (κ2) is 4.87. The molecular formula is C16H15BNO2. The van der Waals surface area contributed by atoms with Crippen molar-refractivity contribution in [2.45, 2.75) is 19.5 Å². The van der Waals surface area contributed by atoms with Gasteiger partial charge in [-0.1, -0.05) is 30.3 Å². The topological polar surface area (TPSA) is 21.7 Å². The van der Waals surface area contributed by atoms with Gasteiger partial charge in [0.15, 0.2) is 0 Å². The van der Waals surface area contributed by atoms with Gasteiger partial charge in [0.25, 0.3) is 0 Å². The lowest BCUT2D eigenvalue weighted by Gasteiger charge is -2.29. The summed E-state index contributed by atoms with van der Waals surface area (Å²) in [6, 6.07) is 14.9.